The molecule has 1 aliphatic rings. The molecule has 0 N–H and O–H groups in total. The lowest BCUT2D eigenvalue weighted by atomic mass is 10.0. The van der Waals surface area contributed by atoms with Crippen molar-refractivity contribution in [1.29, 1.82) is 0 Å². The Bertz CT molecular complexity index is 914. The van der Waals surface area contributed by atoms with E-state index in [2.05, 4.69) is 18.2 Å². The molecule has 0 heterocycles. The molecule has 0 atom stereocenters. The second-order valence-corrected chi connectivity index (χ2v) is 6.80. The van der Waals surface area contributed by atoms with Crippen LogP contribution in [-0.2, 0) is 29.0 Å². The van der Waals surface area contributed by atoms with Crippen molar-refractivity contribution >= 4 is 5.97 Å². The number of aryl methyl sites for hydroxylation is 2. The summed E-state index contributed by atoms with van der Waals surface area (Å²) in [4.78, 5) is 12.0. The van der Waals surface area contributed by atoms with Gasteiger partial charge in [-0.2, -0.15) is 0 Å². The van der Waals surface area contributed by atoms with Crippen molar-refractivity contribution in [3.63, 3.8) is 0 Å². The first-order valence-electron chi connectivity index (χ1n) is 9.32. The van der Waals surface area contributed by atoms with Crippen molar-refractivity contribution in [3.05, 3.63) is 89.5 Å². The van der Waals surface area contributed by atoms with Crippen molar-refractivity contribution in [3.8, 4) is 16.9 Å². The number of esters is 1. The molecule has 0 spiro atoms. The van der Waals surface area contributed by atoms with Crippen LogP contribution in [0.4, 0.5) is 0 Å². The highest BCUT2D eigenvalue weighted by molar-refractivity contribution is 5.71. The van der Waals surface area contributed by atoms with E-state index in [1.54, 1.807) is 0 Å². The molecule has 0 radical (unpaired) electrons. The summed E-state index contributed by atoms with van der Waals surface area (Å²) in [5, 5.41) is 0. The van der Waals surface area contributed by atoms with Crippen molar-refractivity contribution in [2.75, 3.05) is 6.61 Å². The second kappa shape index (κ2) is 8.09. The zero-order valence-corrected chi connectivity index (χ0v) is 15.2. The van der Waals surface area contributed by atoms with E-state index >= 15 is 0 Å². The van der Waals surface area contributed by atoms with Gasteiger partial charge < -0.3 is 9.47 Å². The lowest BCUT2D eigenvalue weighted by molar-refractivity contribution is -0.147. The van der Waals surface area contributed by atoms with Gasteiger partial charge in [0.2, 0.25) is 0 Å². The maximum absolute atomic E-state index is 12.0. The second-order valence-electron chi connectivity index (χ2n) is 6.80. The minimum atomic E-state index is -0.359. The van der Waals surface area contributed by atoms with Gasteiger partial charge >= 0.3 is 5.97 Å². The lowest BCUT2D eigenvalue weighted by Crippen LogP contribution is -2.14. The monoisotopic (exact) mass is 358 g/mol. The maximum atomic E-state index is 12.0. The fraction of sp³-hybridized carbons (Fsp3) is 0.208. The van der Waals surface area contributed by atoms with Crippen LogP contribution in [0.15, 0.2) is 72.8 Å². The minimum Gasteiger partial charge on any atom is -0.482 e. The van der Waals surface area contributed by atoms with E-state index in [9.17, 15) is 4.79 Å². The van der Waals surface area contributed by atoms with E-state index in [4.69, 9.17) is 9.47 Å². The molecule has 3 aromatic carbocycles. The Balaban J connectivity index is 1.26. The predicted octanol–water partition coefficient (Wildman–Crippen LogP) is 4.96. The summed E-state index contributed by atoms with van der Waals surface area (Å²) >= 11 is 0. The lowest BCUT2D eigenvalue weighted by Gasteiger charge is -2.09. The van der Waals surface area contributed by atoms with Crippen LogP contribution in [0.25, 0.3) is 11.1 Å². The van der Waals surface area contributed by atoms with Gasteiger partial charge in [0.25, 0.3) is 0 Å². The summed E-state index contributed by atoms with van der Waals surface area (Å²) in [7, 11) is 0. The highest BCUT2D eigenvalue weighted by Gasteiger charge is 2.12. The van der Waals surface area contributed by atoms with Gasteiger partial charge in [0.1, 0.15) is 12.4 Å². The summed E-state index contributed by atoms with van der Waals surface area (Å²) in [5.74, 6) is 0.377. The number of carbonyl (C=O) groups is 1. The van der Waals surface area contributed by atoms with Crippen LogP contribution in [0.2, 0.25) is 0 Å². The molecular formula is C24H22O3. The van der Waals surface area contributed by atoms with Crippen LogP contribution in [0.5, 0.6) is 5.75 Å². The SMILES string of the molecule is O=C(COc1ccc2c(c1)CCC2)OCc1ccc(-c2ccccc2)cc1. The summed E-state index contributed by atoms with van der Waals surface area (Å²) in [6.07, 6.45) is 3.43. The molecule has 3 heteroatoms. The third-order valence-corrected chi connectivity index (χ3v) is 4.89. The number of carbonyl (C=O) groups excluding carboxylic acids is 1. The third kappa shape index (κ3) is 4.37. The van der Waals surface area contributed by atoms with Gasteiger partial charge in [0.15, 0.2) is 6.61 Å². The summed E-state index contributed by atoms with van der Waals surface area (Å²) in [5.41, 5.74) is 6.00. The number of ether oxygens (including phenoxy) is 2. The normalized spacial score (nSPS) is 12.4. The first-order valence-corrected chi connectivity index (χ1v) is 9.32. The highest BCUT2D eigenvalue weighted by atomic mass is 16.6. The number of hydrogen-bond acceptors (Lipinski definition) is 3. The molecule has 0 saturated heterocycles. The van der Waals surface area contributed by atoms with Crippen molar-refractivity contribution in [2.24, 2.45) is 0 Å². The fourth-order valence-electron chi connectivity index (χ4n) is 3.41. The molecule has 1 aliphatic carbocycles. The van der Waals surface area contributed by atoms with E-state index in [1.165, 1.54) is 23.1 Å². The van der Waals surface area contributed by atoms with E-state index in [0.29, 0.717) is 0 Å². The molecule has 4 rings (SSSR count). The van der Waals surface area contributed by atoms with Crippen LogP contribution in [0.3, 0.4) is 0 Å². The number of benzene rings is 3. The van der Waals surface area contributed by atoms with E-state index in [0.717, 1.165) is 29.7 Å². The number of rotatable bonds is 6. The Hall–Kier alpha value is -3.07. The van der Waals surface area contributed by atoms with Gasteiger partial charge in [-0.1, -0.05) is 60.7 Å². The van der Waals surface area contributed by atoms with Crippen LogP contribution in [0, 0.1) is 0 Å². The molecule has 0 aromatic heterocycles. The Labute approximate surface area is 159 Å². The van der Waals surface area contributed by atoms with Crippen molar-refractivity contribution in [2.45, 2.75) is 25.9 Å². The first-order chi connectivity index (χ1) is 13.3. The van der Waals surface area contributed by atoms with Crippen molar-refractivity contribution < 1.29 is 14.3 Å². The molecule has 0 aliphatic heterocycles. The maximum Gasteiger partial charge on any atom is 0.344 e. The Morgan fingerprint density at radius 2 is 1.56 bits per heavy atom. The Morgan fingerprint density at radius 3 is 2.37 bits per heavy atom. The molecule has 0 amide bonds. The molecule has 3 aromatic rings. The highest BCUT2D eigenvalue weighted by Crippen LogP contribution is 2.26. The largest absolute Gasteiger partial charge is 0.482 e. The summed E-state index contributed by atoms with van der Waals surface area (Å²) in [6, 6.07) is 24.3. The Morgan fingerprint density at radius 1 is 0.815 bits per heavy atom. The molecule has 0 bridgehead atoms. The molecule has 3 nitrogen and oxygen atoms in total. The predicted molar refractivity (Wildman–Crippen MR) is 106 cm³/mol. The third-order valence-electron chi connectivity index (χ3n) is 4.89. The Kier molecular flexibility index (Phi) is 5.20. The van der Waals surface area contributed by atoms with Crippen LogP contribution >= 0.6 is 0 Å². The zero-order valence-electron chi connectivity index (χ0n) is 15.2. The van der Waals surface area contributed by atoms with Gasteiger partial charge in [-0.3, -0.25) is 0 Å². The number of hydrogen-bond donors (Lipinski definition) is 0. The van der Waals surface area contributed by atoms with Gasteiger partial charge in [-0.15, -0.1) is 0 Å². The van der Waals surface area contributed by atoms with E-state index < -0.39 is 0 Å². The molecule has 0 unspecified atom stereocenters. The molecule has 27 heavy (non-hydrogen) atoms. The molecule has 0 fully saturated rings. The zero-order chi connectivity index (χ0) is 18.5. The van der Waals surface area contributed by atoms with Gasteiger partial charge in [-0.25, -0.2) is 4.79 Å². The number of fused-ring (bicyclic) bond motifs is 1. The quantitative estimate of drug-likeness (QED) is 0.584. The summed E-state index contributed by atoms with van der Waals surface area (Å²) in [6.45, 7) is 0.183. The van der Waals surface area contributed by atoms with Crippen LogP contribution < -0.4 is 4.74 Å². The van der Waals surface area contributed by atoms with Crippen LogP contribution in [-0.4, -0.2) is 12.6 Å². The average Bonchev–Trinajstić information content (AvgIpc) is 3.19. The van der Waals surface area contributed by atoms with Gasteiger partial charge in [-0.05, 0) is 59.2 Å². The molecule has 136 valence electrons. The minimum absolute atomic E-state index is 0.0686. The standard InChI is InChI=1S/C24H22O3/c25-24(17-26-23-14-13-20-7-4-8-22(20)15-23)27-16-18-9-11-21(12-10-18)19-5-2-1-3-6-19/h1-3,5-6,9-15H,4,7-8,16-17H2. The van der Waals surface area contributed by atoms with Gasteiger partial charge in [0.05, 0.1) is 0 Å². The molecular weight excluding hydrogens is 336 g/mol. The first kappa shape index (κ1) is 17.3. The topological polar surface area (TPSA) is 35.5 Å². The van der Waals surface area contributed by atoms with E-state index in [-0.39, 0.29) is 19.2 Å². The van der Waals surface area contributed by atoms with Crippen LogP contribution in [0.1, 0.15) is 23.1 Å². The average molecular weight is 358 g/mol. The van der Waals surface area contributed by atoms with E-state index in [1.807, 2.05) is 54.6 Å². The summed E-state index contributed by atoms with van der Waals surface area (Å²) < 4.78 is 10.9. The molecule has 0 saturated carbocycles. The van der Waals surface area contributed by atoms with Crippen molar-refractivity contribution in [1.82, 2.24) is 0 Å². The van der Waals surface area contributed by atoms with Gasteiger partial charge in [0, 0.05) is 0 Å². The smallest absolute Gasteiger partial charge is 0.344 e. The fourth-order valence-corrected chi connectivity index (χ4v) is 3.41.